The minimum absolute atomic E-state index is 0.120. The summed E-state index contributed by atoms with van der Waals surface area (Å²) in [5.74, 6) is -1.09. The normalized spacial score (nSPS) is 10.0. The second-order valence-electron chi connectivity index (χ2n) is 2.08. The summed E-state index contributed by atoms with van der Waals surface area (Å²) in [6.07, 6.45) is 0. The lowest BCUT2D eigenvalue weighted by molar-refractivity contribution is -0.134. The van der Waals surface area contributed by atoms with Crippen molar-refractivity contribution in [2.75, 3.05) is 0 Å². The molecule has 0 unspecified atom stereocenters. The standard InChI is InChI=1S/C8H8NO2/c9-7(8(10)11)6-4-2-1-3-5-6/h1-5H,9H2,(H,10,11). The summed E-state index contributed by atoms with van der Waals surface area (Å²) in [6, 6.07) is 8.48. The first-order valence-corrected chi connectivity index (χ1v) is 3.13. The van der Waals surface area contributed by atoms with E-state index in [9.17, 15) is 4.79 Å². The average molecular weight is 150 g/mol. The van der Waals surface area contributed by atoms with E-state index in [-0.39, 0.29) is 6.04 Å². The van der Waals surface area contributed by atoms with Crippen LogP contribution in [0.4, 0.5) is 0 Å². The van der Waals surface area contributed by atoms with Crippen molar-refractivity contribution in [1.82, 2.24) is 0 Å². The molecule has 0 fully saturated rings. The van der Waals surface area contributed by atoms with Crippen LogP contribution in [0.25, 0.3) is 0 Å². The van der Waals surface area contributed by atoms with Crippen molar-refractivity contribution in [2.24, 2.45) is 5.73 Å². The van der Waals surface area contributed by atoms with Gasteiger partial charge in [0, 0.05) is 0 Å². The molecule has 0 spiro atoms. The molecule has 0 aliphatic rings. The monoisotopic (exact) mass is 150 g/mol. The van der Waals surface area contributed by atoms with Crippen LogP contribution in [0.5, 0.6) is 0 Å². The number of carbonyl (C=O) groups is 1. The number of benzene rings is 1. The number of nitrogens with two attached hydrogens (primary N) is 1. The minimum atomic E-state index is -1.09. The molecule has 0 amide bonds. The summed E-state index contributed by atoms with van der Waals surface area (Å²) in [6.45, 7) is 0. The van der Waals surface area contributed by atoms with Crippen molar-refractivity contribution >= 4 is 5.97 Å². The summed E-state index contributed by atoms with van der Waals surface area (Å²) in [5.41, 5.74) is 5.80. The molecule has 0 saturated carbocycles. The molecule has 3 N–H and O–H groups in total. The van der Waals surface area contributed by atoms with Gasteiger partial charge in [-0.1, -0.05) is 30.3 Å². The van der Waals surface area contributed by atoms with E-state index in [0.717, 1.165) is 0 Å². The fraction of sp³-hybridized carbons (Fsp3) is 0. The highest BCUT2D eigenvalue weighted by Gasteiger charge is 2.14. The molecule has 1 radical (unpaired) electrons. The van der Waals surface area contributed by atoms with Gasteiger partial charge < -0.3 is 10.8 Å². The smallest absolute Gasteiger partial charge is 0.331 e. The molecule has 57 valence electrons. The van der Waals surface area contributed by atoms with Crippen LogP contribution >= 0.6 is 0 Å². The number of carboxylic acid groups (broad SMARTS) is 1. The highest BCUT2D eigenvalue weighted by atomic mass is 16.4. The lowest BCUT2D eigenvalue weighted by atomic mass is 10.1. The van der Waals surface area contributed by atoms with E-state index in [1.54, 1.807) is 30.3 Å². The molecule has 0 saturated heterocycles. The van der Waals surface area contributed by atoms with Crippen LogP contribution < -0.4 is 5.73 Å². The molecule has 0 atom stereocenters. The first kappa shape index (κ1) is 7.75. The van der Waals surface area contributed by atoms with Crippen molar-refractivity contribution < 1.29 is 9.90 Å². The third kappa shape index (κ3) is 1.78. The first-order chi connectivity index (χ1) is 5.22. The van der Waals surface area contributed by atoms with Crippen LogP contribution in [-0.2, 0) is 4.79 Å². The molecule has 1 aromatic carbocycles. The van der Waals surface area contributed by atoms with Gasteiger partial charge in [-0.15, -0.1) is 0 Å². The van der Waals surface area contributed by atoms with Gasteiger partial charge in [0.1, 0.15) is 0 Å². The fourth-order valence-corrected chi connectivity index (χ4v) is 0.741. The molecule has 0 bridgehead atoms. The van der Waals surface area contributed by atoms with Crippen molar-refractivity contribution in [2.45, 2.75) is 0 Å². The predicted octanol–water partition coefficient (Wildman–Crippen LogP) is 0.610. The van der Waals surface area contributed by atoms with E-state index in [1.165, 1.54) is 0 Å². The van der Waals surface area contributed by atoms with E-state index in [2.05, 4.69) is 0 Å². The van der Waals surface area contributed by atoms with Gasteiger partial charge in [0.2, 0.25) is 0 Å². The van der Waals surface area contributed by atoms with E-state index in [4.69, 9.17) is 10.8 Å². The Bertz CT molecular complexity index is 246. The topological polar surface area (TPSA) is 63.3 Å². The van der Waals surface area contributed by atoms with E-state index in [1.807, 2.05) is 0 Å². The number of hydrogen-bond acceptors (Lipinski definition) is 2. The van der Waals surface area contributed by atoms with Crippen LogP contribution in [0.15, 0.2) is 30.3 Å². The van der Waals surface area contributed by atoms with Crippen LogP contribution in [0.2, 0.25) is 0 Å². The Balaban J connectivity index is 2.85. The quantitative estimate of drug-likeness (QED) is 0.649. The van der Waals surface area contributed by atoms with Gasteiger partial charge in [0.05, 0.1) is 0 Å². The zero-order valence-corrected chi connectivity index (χ0v) is 5.82. The molecular weight excluding hydrogens is 142 g/mol. The van der Waals surface area contributed by atoms with Crippen LogP contribution in [0.3, 0.4) is 0 Å². The number of carboxylic acids is 1. The summed E-state index contributed by atoms with van der Waals surface area (Å²) < 4.78 is 0. The number of hydrogen-bond donors (Lipinski definition) is 2. The summed E-state index contributed by atoms with van der Waals surface area (Å²) in [7, 11) is 0. The minimum Gasteiger partial charge on any atom is -0.480 e. The Morgan fingerprint density at radius 3 is 2.27 bits per heavy atom. The number of aliphatic carboxylic acids is 1. The van der Waals surface area contributed by atoms with Crippen LogP contribution in [0.1, 0.15) is 5.56 Å². The lowest BCUT2D eigenvalue weighted by Crippen LogP contribution is -2.21. The molecular formula is C8H8NO2. The lowest BCUT2D eigenvalue weighted by Gasteiger charge is -2.02. The molecule has 0 aliphatic carbocycles. The molecule has 0 heterocycles. The Morgan fingerprint density at radius 1 is 1.27 bits per heavy atom. The fourth-order valence-electron chi connectivity index (χ4n) is 0.741. The zero-order chi connectivity index (χ0) is 8.27. The Labute approximate surface area is 64.5 Å². The molecule has 0 aromatic heterocycles. The highest BCUT2D eigenvalue weighted by molar-refractivity contribution is 5.86. The van der Waals surface area contributed by atoms with Gasteiger partial charge in [0.15, 0.2) is 6.04 Å². The maximum Gasteiger partial charge on any atom is 0.331 e. The molecule has 1 aromatic rings. The molecule has 3 heteroatoms. The second-order valence-corrected chi connectivity index (χ2v) is 2.08. The van der Waals surface area contributed by atoms with Crippen LogP contribution in [-0.4, -0.2) is 11.1 Å². The molecule has 1 rings (SSSR count). The highest BCUT2D eigenvalue weighted by Crippen LogP contribution is 2.07. The second kappa shape index (κ2) is 3.16. The summed E-state index contributed by atoms with van der Waals surface area (Å²) >= 11 is 0. The van der Waals surface area contributed by atoms with Gasteiger partial charge in [-0.3, -0.25) is 0 Å². The molecule has 3 nitrogen and oxygen atoms in total. The first-order valence-electron chi connectivity index (χ1n) is 3.13. The predicted molar refractivity (Wildman–Crippen MR) is 40.6 cm³/mol. The van der Waals surface area contributed by atoms with Gasteiger partial charge in [0.25, 0.3) is 0 Å². The Hall–Kier alpha value is -1.35. The number of rotatable bonds is 2. The van der Waals surface area contributed by atoms with Gasteiger partial charge >= 0.3 is 5.97 Å². The van der Waals surface area contributed by atoms with E-state index < -0.39 is 5.97 Å². The van der Waals surface area contributed by atoms with E-state index >= 15 is 0 Å². The third-order valence-corrected chi connectivity index (χ3v) is 1.32. The van der Waals surface area contributed by atoms with Crippen molar-refractivity contribution in [3.8, 4) is 0 Å². The van der Waals surface area contributed by atoms with Crippen molar-refractivity contribution in [1.29, 1.82) is 0 Å². The van der Waals surface area contributed by atoms with E-state index in [0.29, 0.717) is 5.56 Å². The maximum atomic E-state index is 10.3. The van der Waals surface area contributed by atoms with Crippen molar-refractivity contribution in [3.63, 3.8) is 0 Å². The Kier molecular flexibility index (Phi) is 2.23. The summed E-state index contributed by atoms with van der Waals surface area (Å²) in [5, 5.41) is 8.47. The van der Waals surface area contributed by atoms with Crippen LogP contribution in [0, 0.1) is 6.04 Å². The van der Waals surface area contributed by atoms with Gasteiger partial charge in [-0.2, -0.15) is 0 Å². The van der Waals surface area contributed by atoms with Gasteiger partial charge in [-0.25, -0.2) is 4.79 Å². The third-order valence-electron chi connectivity index (χ3n) is 1.32. The molecule has 0 aliphatic heterocycles. The van der Waals surface area contributed by atoms with Crippen molar-refractivity contribution in [3.05, 3.63) is 41.9 Å². The van der Waals surface area contributed by atoms with Gasteiger partial charge in [-0.05, 0) is 5.56 Å². The summed E-state index contributed by atoms with van der Waals surface area (Å²) in [4.78, 5) is 10.3. The average Bonchev–Trinajstić information content (AvgIpc) is 2.05. The Morgan fingerprint density at radius 2 is 1.82 bits per heavy atom. The zero-order valence-electron chi connectivity index (χ0n) is 5.82. The largest absolute Gasteiger partial charge is 0.480 e. The SMILES string of the molecule is N[C](C(=O)O)c1ccccc1. The maximum absolute atomic E-state index is 10.3. The molecule has 11 heavy (non-hydrogen) atoms.